The number of aromatic carboxylic acids is 1. The molecule has 0 saturated heterocycles. The largest absolute Gasteiger partial charge is 0.476 e. The molecule has 0 fully saturated rings. The van der Waals surface area contributed by atoms with Crippen molar-refractivity contribution in [2.45, 2.75) is 0 Å². The van der Waals surface area contributed by atoms with Gasteiger partial charge in [0.25, 0.3) is 5.56 Å². The number of rotatable bonds is 3. The number of carbonyl (C=O) groups is 1. The number of benzene rings is 1. The minimum Gasteiger partial charge on any atom is -0.476 e. The molecule has 0 spiro atoms. The lowest BCUT2D eigenvalue weighted by atomic mass is 10.1. The van der Waals surface area contributed by atoms with Gasteiger partial charge >= 0.3 is 5.97 Å². The summed E-state index contributed by atoms with van der Waals surface area (Å²) in [5.41, 5.74) is 6.74. The molecule has 3 N–H and O–H groups in total. The van der Waals surface area contributed by atoms with Crippen molar-refractivity contribution in [3.05, 3.63) is 58.5 Å². The number of aromatic nitrogens is 4. The minimum atomic E-state index is -1.29. The SMILES string of the molecule is Cn1nc(-c2nc(C(=O)O)c(N)nc2-c2ccccc2)ccc1=O. The number of nitrogens with zero attached hydrogens (tertiary/aromatic N) is 4. The normalized spacial score (nSPS) is 10.5. The second-order valence-corrected chi connectivity index (χ2v) is 5.01. The van der Waals surface area contributed by atoms with Gasteiger partial charge in [-0.15, -0.1) is 0 Å². The summed E-state index contributed by atoms with van der Waals surface area (Å²) < 4.78 is 1.14. The Morgan fingerprint density at radius 2 is 1.79 bits per heavy atom. The van der Waals surface area contributed by atoms with Crippen molar-refractivity contribution in [3.8, 4) is 22.6 Å². The zero-order valence-corrected chi connectivity index (χ0v) is 12.7. The Balaban J connectivity index is 2.32. The van der Waals surface area contributed by atoms with Gasteiger partial charge < -0.3 is 10.8 Å². The summed E-state index contributed by atoms with van der Waals surface area (Å²) in [4.78, 5) is 31.2. The van der Waals surface area contributed by atoms with Crippen molar-refractivity contribution in [2.75, 3.05) is 5.73 Å². The number of nitrogens with two attached hydrogens (primary N) is 1. The molecule has 0 amide bonds. The average Bonchev–Trinajstić information content (AvgIpc) is 2.57. The smallest absolute Gasteiger partial charge is 0.358 e. The maximum Gasteiger partial charge on any atom is 0.358 e. The van der Waals surface area contributed by atoms with Crippen LogP contribution in [0, 0.1) is 0 Å². The molecule has 0 atom stereocenters. The Morgan fingerprint density at radius 3 is 2.42 bits per heavy atom. The second-order valence-electron chi connectivity index (χ2n) is 5.01. The highest BCUT2D eigenvalue weighted by molar-refractivity contribution is 5.92. The first-order valence-electron chi connectivity index (χ1n) is 6.98. The van der Waals surface area contributed by atoms with E-state index in [-0.39, 0.29) is 22.8 Å². The van der Waals surface area contributed by atoms with Crippen LogP contribution < -0.4 is 11.3 Å². The number of aryl methyl sites for hydroxylation is 1. The molecule has 8 nitrogen and oxygen atoms in total. The van der Waals surface area contributed by atoms with Gasteiger partial charge in [-0.3, -0.25) is 4.79 Å². The Labute approximate surface area is 136 Å². The van der Waals surface area contributed by atoms with E-state index in [0.29, 0.717) is 17.0 Å². The Bertz CT molecular complexity index is 983. The zero-order valence-electron chi connectivity index (χ0n) is 12.7. The van der Waals surface area contributed by atoms with Gasteiger partial charge in [-0.25, -0.2) is 19.4 Å². The number of nitrogen functional groups attached to an aromatic ring is 1. The molecule has 0 aliphatic carbocycles. The van der Waals surface area contributed by atoms with E-state index in [9.17, 15) is 14.7 Å². The van der Waals surface area contributed by atoms with Gasteiger partial charge in [-0.05, 0) is 6.07 Å². The van der Waals surface area contributed by atoms with E-state index < -0.39 is 5.97 Å². The van der Waals surface area contributed by atoms with Crippen LogP contribution in [0.15, 0.2) is 47.3 Å². The molecule has 0 aliphatic rings. The maximum absolute atomic E-state index is 11.5. The molecule has 24 heavy (non-hydrogen) atoms. The summed E-state index contributed by atoms with van der Waals surface area (Å²) in [5.74, 6) is -1.47. The van der Waals surface area contributed by atoms with Gasteiger partial charge in [0, 0.05) is 18.7 Å². The van der Waals surface area contributed by atoms with E-state index in [1.807, 2.05) is 18.2 Å². The summed E-state index contributed by atoms with van der Waals surface area (Å²) >= 11 is 0. The predicted octanol–water partition coefficient (Wildman–Crippen LogP) is 1.18. The molecule has 0 bridgehead atoms. The highest BCUT2D eigenvalue weighted by Gasteiger charge is 2.20. The van der Waals surface area contributed by atoms with Crippen molar-refractivity contribution in [1.82, 2.24) is 19.7 Å². The van der Waals surface area contributed by atoms with Crippen LogP contribution in [0.5, 0.6) is 0 Å². The fraction of sp³-hybridized carbons (Fsp3) is 0.0625. The van der Waals surface area contributed by atoms with Gasteiger partial charge in [0.05, 0.1) is 0 Å². The summed E-state index contributed by atoms with van der Waals surface area (Å²) in [7, 11) is 1.50. The van der Waals surface area contributed by atoms with Gasteiger partial charge in [0.15, 0.2) is 11.5 Å². The third kappa shape index (κ3) is 2.72. The fourth-order valence-electron chi connectivity index (χ4n) is 2.21. The molecule has 0 saturated carbocycles. The highest BCUT2D eigenvalue weighted by Crippen LogP contribution is 2.29. The van der Waals surface area contributed by atoms with Crippen LogP contribution in [0.3, 0.4) is 0 Å². The molecule has 0 unspecified atom stereocenters. The molecule has 2 aromatic heterocycles. The minimum absolute atomic E-state index is 0.185. The van der Waals surface area contributed by atoms with Crippen molar-refractivity contribution in [1.29, 1.82) is 0 Å². The Morgan fingerprint density at radius 1 is 1.08 bits per heavy atom. The Hall–Kier alpha value is -3.55. The van der Waals surface area contributed by atoms with E-state index in [1.165, 1.54) is 19.2 Å². The van der Waals surface area contributed by atoms with Crippen molar-refractivity contribution in [3.63, 3.8) is 0 Å². The van der Waals surface area contributed by atoms with Crippen molar-refractivity contribution >= 4 is 11.8 Å². The molecular formula is C16H13N5O3. The van der Waals surface area contributed by atoms with Gasteiger partial charge in [-0.2, -0.15) is 5.10 Å². The first-order valence-corrected chi connectivity index (χ1v) is 6.98. The molecule has 0 radical (unpaired) electrons. The van der Waals surface area contributed by atoms with Crippen LogP contribution in [-0.4, -0.2) is 30.8 Å². The number of anilines is 1. The van der Waals surface area contributed by atoms with E-state index in [0.717, 1.165) is 4.68 Å². The average molecular weight is 323 g/mol. The first kappa shape index (κ1) is 15.3. The van der Waals surface area contributed by atoms with Crippen LogP contribution in [0.25, 0.3) is 22.6 Å². The van der Waals surface area contributed by atoms with Crippen molar-refractivity contribution in [2.24, 2.45) is 7.05 Å². The summed E-state index contributed by atoms with van der Waals surface area (Å²) in [6, 6.07) is 11.9. The number of hydrogen-bond acceptors (Lipinski definition) is 6. The van der Waals surface area contributed by atoms with E-state index in [2.05, 4.69) is 15.1 Å². The number of hydrogen-bond donors (Lipinski definition) is 2. The quantitative estimate of drug-likeness (QED) is 0.741. The van der Waals surface area contributed by atoms with Crippen LogP contribution in [0.1, 0.15) is 10.5 Å². The topological polar surface area (TPSA) is 124 Å². The van der Waals surface area contributed by atoms with Gasteiger partial charge in [0.2, 0.25) is 0 Å². The second kappa shape index (κ2) is 5.92. The predicted molar refractivity (Wildman–Crippen MR) is 87.3 cm³/mol. The van der Waals surface area contributed by atoms with Crippen LogP contribution in [0.2, 0.25) is 0 Å². The van der Waals surface area contributed by atoms with E-state index in [4.69, 9.17) is 5.73 Å². The van der Waals surface area contributed by atoms with Gasteiger partial charge in [-0.1, -0.05) is 30.3 Å². The van der Waals surface area contributed by atoms with E-state index in [1.54, 1.807) is 12.1 Å². The summed E-state index contributed by atoms with van der Waals surface area (Å²) in [5, 5.41) is 13.4. The summed E-state index contributed by atoms with van der Waals surface area (Å²) in [6.45, 7) is 0. The molecule has 0 aliphatic heterocycles. The lowest BCUT2D eigenvalue weighted by Gasteiger charge is -2.11. The first-order chi connectivity index (χ1) is 11.5. The Kier molecular flexibility index (Phi) is 3.78. The fourth-order valence-corrected chi connectivity index (χ4v) is 2.21. The monoisotopic (exact) mass is 323 g/mol. The third-order valence-electron chi connectivity index (χ3n) is 3.38. The number of carboxylic acid groups (broad SMARTS) is 1. The highest BCUT2D eigenvalue weighted by atomic mass is 16.4. The van der Waals surface area contributed by atoms with Crippen LogP contribution in [-0.2, 0) is 7.05 Å². The molecule has 1 aromatic carbocycles. The third-order valence-corrected chi connectivity index (χ3v) is 3.38. The zero-order chi connectivity index (χ0) is 17.3. The standard InChI is InChI=1S/C16H13N5O3/c1-21-11(22)8-7-10(20-21)13-12(9-5-3-2-4-6-9)19-15(17)14(18-13)16(23)24/h2-8H,1H3,(H2,17,19)(H,23,24). The molecule has 2 heterocycles. The summed E-state index contributed by atoms with van der Waals surface area (Å²) in [6.07, 6.45) is 0. The lowest BCUT2D eigenvalue weighted by Crippen LogP contribution is -2.19. The number of carboxylic acids is 1. The molecule has 8 heteroatoms. The van der Waals surface area contributed by atoms with Crippen LogP contribution >= 0.6 is 0 Å². The van der Waals surface area contributed by atoms with E-state index >= 15 is 0 Å². The van der Waals surface area contributed by atoms with Crippen molar-refractivity contribution < 1.29 is 9.90 Å². The molecule has 3 aromatic rings. The van der Waals surface area contributed by atoms with Crippen LogP contribution in [0.4, 0.5) is 5.82 Å². The maximum atomic E-state index is 11.5. The van der Waals surface area contributed by atoms with Gasteiger partial charge in [0.1, 0.15) is 17.1 Å². The molecular weight excluding hydrogens is 310 g/mol. The molecule has 120 valence electrons. The lowest BCUT2D eigenvalue weighted by molar-refractivity contribution is 0.0691. The molecule has 3 rings (SSSR count).